The van der Waals surface area contributed by atoms with Gasteiger partial charge in [-0.2, -0.15) is 5.26 Å². The van der Waals surface area contributed by atoms with Gasteiger partial charge in [-0.05, 0) is 158 Å². The summed E-state index contributed by atoms with van der Waals surface area (Å²) in [6.45, 7) is 9.99. The Balaban J connectivity index is 1.34. The van der Waals surface area contributed by atoms with E-state index in [0.717, 1.165) is 58.0 Å². The lowest BCUT2D eigenvalue weighted by Crippen LogP contribution is -2.44. The molecule has 4 fully saturated rings. The summed E-state index contributed by atoms with van der Waals surface area (Å²) >= 11 is 0. The number of hydrogen-bond donors (Lipinski definition) is 0. The molecule has 0 N–H and O–H groups in total. The number of rotatable bonds is 5. The zero-order valence-electron chi connectivity index (χ0n) is 29.3. The second-order valence-corrected chi connectivity index (χ2v) is 17.0. The zero-order chi connectivity index (χ0) is 33.0. The molecule has 1 aromatic heterocycles. The molecule has 8 rings (SSSR count). The van der Waals surface area contributed by atoms with Crippen LogP contribution in [0.15, 0.2) is 72.8 Å². The lowest BCUT2D eigenvalue weighted by Gasteiger charge is -2.52. The van der Waals surface area contributed by atoms with Crippen LogP contribution < -0.4 is 0 Å². The summed E-state index contributed by atoms with van der Waals surface area (Å²) in [7, 11) is 0. The Morgan fingerprint density at radius 2 is 0.938 bits per heavy atom. The van der Waals surface area contributed by atoms with Crippen molar-refractivity contribution in [2.24, 2.45) is 35.5 Å². The van der Waals surface area contributed by atoms with E-state index in [1.807, 2.05) is 42.5 Å². The number of nitrogens with zero attached hydrogens (tertiary/aromatic N) is 4. The third kappa shape index (κ3) is 5.89. The molecule has 0 aliphatic heterocycles. The smallest absolute Gasteiger partial charge is 0.164 e. The van der Waals surface area contributed by atoms with Crippen molar-refractivity contribution >= 4 is 0 Å². The van der Waals surface area contributed by atoms with Crippen molar-refractivity contribution in [1.82, 2.24) is 15.0 Å². The Hall–Kier alpha value is -3.84. The highest BCUT2D eigenvalue weighted by Gasteiger charge is 2.48. The van der Waals surface area contributed by atoms with Crippen LogP contribution in [-0.4, -0.2) is 15.0 Å². The summed E-state index contributed by atoms with van der Waals surface area (Å²) < 4.78 is 0. The van der Waals surface area contributed by atoms with Crippen molar-refractivity contribution in [3.63, 3.8) is 0 Å². The molecule has 4 nitrogen and oxygen atoms in total. The maximum atomic E-state index is 9.45. The van der Waals surface area contributed by atoms with Crippen molar-refractivity contribution < 1.29 is 0 Å². The lowest BCUT2D eigenvalue weighted by molar-refractivity contribution is 0.0738. The van der Waals surface area contributed by atoms with E-state index in [0.29, 0.717) is 17.2 Å². The molecule has 1 heterocycles. The van der Waals surface area contributed by atoms with Crippen LogP contribution in [0.25, 0.3) is 34.2 Å². The molecule has 4 aliphatic carbocycles. The predicted molar refractivity (Wildman–Crippen MR) is 194 cm³/mol. The second kappa shape index (κ2) is 12.2. The summed E-state index contributed by atoms with van der Waals surface area (Å²) in [5.74, 6) is 6.75. The fourth-order valence-corrected chi connectivity index (χ4v) is 11.5. The topological polar surface area (TPSA) is 62.5 Å². The Bertz CT molecular complexity index is 1740. The summed E-state index contributed by atoms with van der Waals surface area (Å²) in [6.07, 6.45) is 13.3. The number of hydrogen-bond acceptors (Lipinski definition) is 4. The van der Waals surface area contributed by atoms with Gasteiger partial charge in [0.2, 0.25) is 0 Å². The Morgan fingerprint density at radius 3 is 1.38 bits per heavy atom. The molecule has 4 aliphatic rings. The van der Waals surface area contributed by atoms with Gasteiger partial charge in [0.1, 0.15) is 0 Å². The molecule has 246 valence electrons. The van der Waals surface area contributed by atoms with Crippen LogP contribution in [0.5, 0.6) is 0 Å². The minimum absolute atomic E-state index is 0.215. The molecule has 48 heavy (non-hydrogen) atoms. The van der Waals surface area contributed by atoms with Gasteiger partial charge in [0.15, 0.2) is 17.5 Å². The van der Waals surface area contributed by atoms with Gasteiger partial charge in [-0.3, -0.25) is 0 Å². The van der Waals surface area contributed by atoms with Crippen molar-refractivity contribution in [2.75, 3.05) is 0 Å². The van der Waals surface area contributed by atoms with E-state index in [4.69, 9.17) is 15.0 Å². The molecule has 0 spiro atoms. The van der Waals surface area contributed by atoms with E-state index >= 15 is 0 Å². The lowest BCUT2D eigenvalue weighted by atomic mass is 9.52. The van der Waals surface area contributed by atoms with Crippen LogP contribution in [0.1, 0.15) is 109 Å². The maximum Gasteiger partial charge on any atom is 0.164 e. The number of fused-ring (bicyclic) bond motifs is 4. The average molecular weight is 635 g/mol. The molecular formula is C44H50N4. The first-order valence-electron chi connectivity index (χ1n) is 18.7. The van der Waals surface area contributed by atoms with Gasteiger partial charge >= 0.3 is 0 Å². The average Bonchev–Trinajstić information content (AvgIpc) is 3.07. The van der Waals surface area contributed by atoms with E-state index in [1.165, 1.54) is 64.2 Å². The van der Waals surface area contributed by atoms with Gasteiger partial charge in [-0.15, -0.1) is 0 Å². The minimum Gasteiger partial charge on any atom is -0.208 e. The molecular weight excluding hydrogens is 585 g/mol. The van der Waals surface area contributed by atoms with Crippen LogP contribution in [0.3, 0.4) is 0 Å². The number of benzene rings is 3. The predicted octanol–water partition coefficient (Wildman–Crippen LogP) is 11.0. The highest BCUT2D eigenvalue weighted by Crippen LogP contribution is 2.58. The standard InChI is InChI=1S/C44H50N4/c1-28-14-33-15-29(2)22-43(21-28,25-33)38-18-37(19-39(20-38)44-23-30(3)16-34(26-44)17-31(4)24-44)42-47-40(35-8-6-5-7-9-35)46-41(48-42)36-12-10-32(27-45)11-13-36/h5-13,18-20,28-31,33-34H,14-17,21-26H2,1-4H3/t28-,29+,30-,31+,33?,34?,43?,44?. The van der Waals surface area contributed by atoms with E-state index < -0.39 is 0 Å². The Kier molecular flexibility index (Phi) is 8.02. The van der Waals surface area contributed by atoms with Crippen LogP contribution in [-0.2, 0) is 10.8 Å². The van der Waals surface area contributed by atoms with Crippen LogP contribution in [0.4, 0.5) is 0 Å². The van der Waals surface area contributed by atoms with Crippen LogP contribution in [0.2, 0.25) is 0 Å². The number of aromatic nitrogens is 3. The molecule has 0 saturated heterocycles. The summed E-state index contributed by atoms with van der Waals surface area (Å²) in [5.41, 5.74) is 7.18. The van der Waals surface area contributed by atoms with Gasteiger partial charge in [0.05, 0.1) is 11.6 Å². The Labute approximate surface area is 287 Å². The van der Waals surface area contributed by atoms with E-state index in [-0.39, 0.29) is 10.8 Å². The molecule has 3 aromatic carbocycles. The van der Waals surface area contributed by atoms with E-state index in [2.05, 4.69) is 64.1 Å². The minimum atomic E-state index is 0.215. The van der Waals surface area contributed by atoms with Gasteiger partial charge in [-0.1, -0.05) is 64.1 Å². The van der Waals surface area contributed by atoms with Crippen LogP contribution >= 0.6 is 0 Å². The Morgan fingerprint density at radius 1 is 0.521 bits per heavy atom. The van der Waals surface area contributed by atoms with Gasteiger partial charge in [-0.25, -0.2) is 15.0 Å². The highest BCUT2D eigenvalue weighted by molar-refractivity contribution is 5.68. The molecule has 0 radical (unpaired) electrons. The number of nitriles is 1. The largest absolute Gasteiger partial charge is 0.208 e. The zero-order valence-corrected chi connectivity index (χ0v) is 29.3. The molecule has 4 saturated carbocycles. The summed E-state index contributed by atoms with van der Waals surface area (Å²) in [5, 5.41) is 9.45. The summed E-state index contributed by atoms with van der Waals surface area (Å²) in [4.78, 5) is 15.5. The first-order valence-corrected chi connectivity index (χ1v) is 18.7. The third-order valence-corrected chi connectivity index (χ3v) is 12.6. The molecule has 8 atom stereocenters. The molecule has 4 aromatic rings. The molecule has 4 unspecified atom stereocenters. The normalized spacial score (nSPS) is 32.7. The van der Waals surface area contributed by atoms with Crippen LogP contribution in [0, 0.1) is 46.8 Å². The monoisotopic (exact) mass is 634 g/mol. The van der Waals surface area contributed by atoms with E-state index in [9.17, 15) is 5.26 Å². The summed E-state index contributed by atoms with van der Waals surface area (Å²) in [6, 6.07) is 27.9. The third-order valence-electron chi connectivity index (χ3n) is 12.6. The SMILES string of the molecule is C[C@@H]1CC2C[C@H](C)CC(c3cc(-c4nc(-c5ccccc5)nc(-c5ccc(C#N)cc5)n4)cc(C45CC(C[C@@H](C)C4)C[C@H](C)C5)c3)(C2)C1. The van der Waals surface area contributed by atoms with Gasteiger partial charge in [0, 0.05) is 16.7 Å². The first-order chi connectivity index (χ1) is 23.2. The fourth-order valence-electron chi connectivity index (χ4n) is 11.5. The van der Waals surface area contributed by atoms with E-state index in [1.54, 1.807) is 11.1 Å². The first kappa shape index (κ1) is 31.4. The van der Waals surface area contributed by atoms with Gasteiger partial charge in [0.25, 0.3) is 0 Å². The molecule has 4 heteroatoms. The molecule has 4 bridgehead atoms. The highest BCUT2D eigenvalue weighted by atomic mass is 15.0. The van der Waals surface area contributed by atoms with Crippen molar-refractivity contribution in [1.29, 1.82) is 5.26 Å². The maximum absolute atomic E-state index is 9.45. The van der Waals surface area contributed by atoms with Crippen molar-refractivity contribution in [3.05, 3.63) is 89.5 Å². The molecule has 0 amide bonds. The fraction of sp³-hybridized carbons (Fsp3) is 0.500. The second-order valence-electron chi connectivity index (χ2n) is 17.0. The van der Waals surface area contributed by atoms with Gasteiger partial charge < -0.3 is 0 Å². The van der Waals surface area contributed by atoms with Crippen molar-refractivity contribution in [3.8, 4) is 40.2 Å². The van der Waals surface area contributed by atoms with Crippen molar-refractivity contribution in [2.45, 2.75) is 103 Å². The quantitative estimate of drug-likeness (QED) is 0.219.